The average Bonchev–Trinajstić information content (AvgIpc) is 2.91. The first kappa shape index (κ1) is 18.6. The topological polar surface area (TPSA) is 75.7 Å². The van der Waals surface area contributed by atoms with Crippen LogP contribution in [0, 0.1) is 0 Å². The highest BCUT2D eigenvalue weighted by Gasteiger charge is 2.47. The summed E-state index contributed by atoms with van der Waals surface area (Å²) in [6.45, 7) is 1.44. The number of ketones is 1. The lowest BCUT2D eigenvalue weighted by Gasteiger charge is -2.21. The van der Waals surface area contributed by atoms with Gasteiger partial charge in [-0.15, -0.1) is 0 Å². The van der Waals surface area contributed by atoms with Gasteiger partial charge >= 0.3 is 6.03 Å². The fraction of sp³-hybridized carbons (Fsp3) is 0.286. The molecule has 0 radical (unpaired) electrons. The molecule has 6 heteroatoms. The van der Waals surface area contributed by atoms with Crippen LogP contribution in [0.5, 0.6) is 5.75 Å². The molecule has 1 saturated heterocycles. The van der Waals surface area contributed by atoms with Gasteiger partial charge in [-0.1, -0.05) is 42.5 Å². The van der Waals surface area contributed by atoms with Crippen molar-refractivity contribution in [3.05, 3.63) is 65.7 Å². The summed E-state index contributed by atoms with van der Waals surface area (Å²) in [5.74, 6) is 0.129. The van der Waals surface area contributed by atoms with Crippen LogP contribution in [-0.2, 0) is 11.2 Å². The Balaban J connectivity index is 1.65. The average molecular weight is 366 g/mol. The van der Waals surface area contributed by atoms with Crippen LogP contribution >= 0.6 is 0 Å². The number of nitrogens with zero attached hydrogens (tertiary/aromatic N) is 1. The molecule has 0 spiro atoms. The van der Waals surface area contributed by atoms with Gasteiger partial charge in [0.25, 0.3) is 5.91 Å². The van der Waals surface area contributed by atoms with Crippen molar-refractivity contribution in [2.24, 2.45) is 0 Å². The monoisotopic (exact) mass is 366 g/mol. The second-order valence-electron chi connectivity index (χ2n) is 6.79. The molecule has 1 fully saturated rings. The Bertz CT molecular complexity index is 848. The van der Waals surface area contributed by atoms with E-state index < -0.39 is 11.6 Å². The van der Waals surface area contributed by atoms with E-state index in [1.807, 2.05) is 24.3 Å². The van der Waals surface area contributed by atoms with Crippen molar-refractivity contribution < 1.29 is 19.1 Å². The van der Waals surface area contributed by atoms with Crippen LogP contribution in [-0.4, -0.2) is 41.8 Å². The second kappa shape index (κ2) is 7.61. The van der Waals surface area contributed by atoms with Crippen molar-refractivity contribution in [1.82, 2.24) is 10.2 Å². The Morgan fingerprint density at radius 1 is 1.07 bits per heavy atom. The van der Waals surface area contributed by atoms with Crippen LogP contribution < -0.4 is 10.1 Å². The molecular formula is C21H22N2O4. The van der Waals surface area contributed by atoms with Gasteiger partial charge in [0.15, 0.2) is 5.78 Å². The Morgan fingerprint density at radius 2 is 1.74 bits per heavy atom. The van der Waals surface area contributed by atoms with Crippen molar-refractivity contribution in [3.63, 3.8) is 0 Å². The number of hydrogen-bond donors (Lipinski definition) is 1. The number of carbonyl (C=O) groups is 3. The minimum Gasteiger partial charge on any atom is -0.497 e. The number of benzene rings is 2. The van der Waals surface area contributed by atoms with Crippen molar-refractivity contribution >= 4 is 17.7 Å². The molecule has 1 aliphatic heterocycles. The standard InChI is InChI=1S/C21H22N2O4/c1-21(13-12-15-8-10-17(27-2)11-9-15)19(25)23(20(26)22-21)14-18(24)16-6-4-3-5-7-16/h3-11H,12-14H2,1-2H3,(H,22,26)/t21-/m1/s1. The maximum absolute atomic E-state index is 12.8. The van der Waals surface area contributed by atoms with Gasteiger partial charge in [0.2, 0.25) is 0 Å². The molecule has 1 N–H and O–H groups in total. The van der Waals surface area contributed by atoms with Crippen LogP contribution in [0.1, 0.15) is 29.3 Å². The number of amides is 3. The quantitative estimate of drug-likeness (QED) is 0.604. The summed E-state index contributed by atoms with van der Waals surface area (Å²) in [4.78, 5) is 38.4. The lowest BCUT2D eigenvalue weighted by molar-refractivity contribution is -0.130. The van der Waals surface area contributed by atoms with Gasteiger partial charge < -0.3 is 10.1 Å². The van der Waals surface area contributed by atoms with Gasteiger partial charge in [-0.25, -0.2) is 4.79 Å². The number of aryl methyl sites for hydroxylation is 1. The Kier molecular flexibility index (Phi) is 5.26. The zero-order chi connectivity index (χ0) is 19.4. The summed E-state index contributed by atoms with van der Waals surface area (Å²) < 4.78 is 5.14. The summed E-state index contributed by atoms with van der Waals surface area (Å²) in [6, 6.07) is 15.7. The van der Waals surface area contributed by atoms with E-state index in [1.165, 1.54) is 0 Å². The number of imide groups is 1. The first-order chi connectivity index (χ1) is 12.9. The molecule has 0 aliphatic carbocycles. The van der Waals surface area contributed by atoms with Gasteiger partial charge in [0.05, 0.1) is 13.7 Å². The number of rotatable bonds is 7. The maximum Gasteiger partial charge on any atom is 0.325 e. The first-order valence-corrected chi connectivity index (χ1v) is 8.78. The minimum absolute atomic E-state index is 0.257. The highest BCUT2D eigenvalue weighted by Crippen LogP contribution is 2.24. The Labute approximate surface area is 158 Å². The smallest absolute Gasteiger partial charge is 0.325 e. The van der Waals surface area contributed by atoms with Crippen LogP contribution in [0.25, 0.3) is 0 Å². The number of Topliss-reactive ketones (excluding diaryl/α,β-unsaturated/α-hetero) is 1. The maximum atomic E-state index is 12.8. The fourth-order valence-electron chi connectivity index (χ4n) is 3.11. The number of carbonyl (C=O) groups excluding carboxylic acids is 3. The molecule has 3 rings (SSSR count). The van der Waals surface area contributed by atoms with E-state index in [0.29, 0.717) is 18.4 Å². The van der Waals surface area contributed by atoms with Crippen LogP contribution in [0.15, 0.2) is 54.6 Å². The highest BCUT2D eigenvalue weighted by atomic mass is 16.5. The lowest BCUT2D eigenvalue weighted by atomic mass is 9.93. The summed E-state index contributed by atoms with van der Waals surface area (Å²) in [5.41, 5.74) is 0.497. The van der Waals surface area contributed by atoms with Gasteiger partial charge in [0.1, 0.15) is 11.3 Å². The van der Waals surface area contributed by atoms with E-state index >= 15 is 0 Å². The number of methoxy groups -OCH3 is 1. The van der Waals surface area contributed by atoms with E-state index in [4.69, 9.17) is 4.74 Å². The molecule has 0 saturated carbocycles. The molecule has 6 nitrogen and oxygen atoms in total. The third-order valence-electron chi connectivity index (χ3n) is 4.82. The molecule has 0 aromatic heterocycles. The highest BCUT2D eigenvalue weighted by molar-refractivity contribution is 6.11. The predicted molar refractivity (Wildman–Crippen MR) is 101 cm³/mol. The number of nitrogens with one attached hydrogen (secondary N) is 1. The summed E-state index contributed by atoms with van der Waals surface area (Å²) in [5, 5.41) is 2.74. The summed E-state index contributed by atoms with van der Waals surface area (Å²) in [7, 11) is 1.61. The molecule has 140 valence electrons. The molecule has 3 amide bonds. The van der Waals surface area contributed by atoms with Crippen molar-refractivity contribution in [2.45, 2.75) is 25.3 Å². The van der Waals surface area contributed by atoms with E-state index in [0.717, 1.165) is 16.2 Å². The van der Waals surface area contributed by atoms with Crippen LogP contribution in [0.3, 0.4) is 0 Å². The van der Waals surface area contributed by atoms with Crippen LogP contribution in [0.4, 0.5) is 4.79 Å². The van der Waals surface area contributed by atoms with E-state index in [1.54, 1.807) is 44.4 Å². The second-order valence-corrected chi connectivity index (χ2v) is 6.79. The number of urea groups is 1. The van der Waals surface area contributed by atoms with E-state index in [2.05, 4.69) is 5.32 Å². The number of ether oxygens (including phenoxy) is 1. The Hall–Kier alpha value is -3.15. The zero-order valence-electron chi connectivity index (χ0n) is 15.4. The van der Waals surface area contributed by atoms with Crippen molar-refractivity contribution in [1.29, 1.82) is 0 Å². The van der Waals surface area contributed by atoms with Gasteiger partial charge in [-0.2, -0.15) is 0 Å². The van der Waals surface area contributed by atoms with Gasteiger partial charge in [-0.3, -0.25) is 14.5 Å². The molecule has 2 aromatic rings. The Morgan fingerprint density at radius 3 is 2.37 bits per heavy atom. The molecule has 2 aromatic carbocycles. The molecule has 1 atom stereocenters. The summed E-state index contributed by atoms with van der Waals surface area (Å²) in [6.07, 6.45) is 1.06. The number of hydrogen-bond acceptors (Lipinski definition) is 4. The largest absolute Gasteiger partial charge is 0.497 e. The normalized spacial score (nSPS) is 19.1. The predicted octanol–water partition coefficient (Wildman–Crippen LogP) is 2.82. The molecule has 27 heavy (non-hydrogen) atoms. The zero-order valence-corrected chi connectivity index (χ0v) is 15.4. The van der Waals surface area contributed by atoms with E-state index in [-0.39, 0.29) is 18.2 Å². The van der Waals surface area contributed by atoms with Gasteiger partial charge in [-0.05, 0) is 37.5 Å². The van der Waals surface area contributed by atoms with Crippen molar-refractivity contribution in [2.75, 3.05) is 13.7 Å². The molecule has 0 bridgehead atoms. The molecule has 1 aliphatic rings. The van der Waals surface area contributed by atoms with Crippen LogP contribution in [0.2, 0.25) is 0 Å². The van der Waals surface area contributed by atoms with E-state index in [9.17, 15) is 14.4 Å². The fourth-order valence-corrected chi connectivity index (χ4v) is 3.11. The lowest BCUT2D eigenvalue weighted by Crippen LogP contribution is -2.44. The summed E-state index contributed by atoms with van der Waals surface area (Å²) >= 11 is 0. The first-order valence-electron chi connectivity index (χ1n) is 8.78. The van der Waals surface area contributed by atoms with Crippen molar-refractivity contribution in [3.8, 4) is 5.75 Å². The SMILES string of the molecule is COc1ccc(CC[C@@]2(C)NC(=O)N(CC(=O)c3ccccc3)C2=O)cc1. The van der Waals surface area contributed by atoms with Gasteiger partial charge in [0, 0.05) is 5.56 Å². The third kappa shape index (κ3) is 4.00. The molecule has 0 unspecified atom stereocenters. The molecule has 1 heterocycles. The minimum atomic E-state index is -1.02. The third-order valence-corrected chi connectivity index (χ3v) is 4.82. The molecular weight excluding hydrogens is 344 g/mol.